The lowest BCUT2D eigenvalue weighted by Crippen LogP contribution is -2.08. The molecule has 0 aliphatic heterocycles. The highest BCUT2D eigenvalue weighted by Gasteiger charge is 2.53. The van der Waals surface area contributed by atoms with Crippen molar-refractivity contribution < 1.29 is 10.2 Å². The lowest BCUT2D eigenvalue weighted by atomic mass is 9.89. The third-order valence-corrected chi connectivity index (χ3v) is 3.87. The molecule has 0 aromatic heterocycles. The molecule has 2 heteroatoms. The van der Waals surface area contributed by atoms with Gasteiger partial charge in [-0.1, -0.05) is 26.3 Å². The summed E-state index contributed by atoms with van der Waals surface area (Å²) in [6.45, 7) is 4.36. The van der Waals surface area contributed by atoms with Gasteiger partial charge in [0.05, 0.1) is 0 Å². The molecule has 2 N–H and O–H groups in total. The van der Waals surface area contributed by atoms with Crippen LogP contribution in [0.2, 0.25) is 0 Å². The molecule has 0 saturated heterocycles. The Kier molecular flexibility index (Phi) is 2.37. The Labute approximate surface area is 90.6 Å². The van der Waals surface area contributed by atoms with Gasteiger partial charge in [-0.25, -0.2) is 0 Å². The minimum atomic E-state index is 0.135. The summed E-state index contributed by atoms with van der Waals surface area (Å²) in [7, 11) is 0. The predicted octanol–water partition coefficient (Wildman–Crippen LogP) is 3.18. The molecule has 0 spiro atoms. The molecule has 1 aliphatic rings. The molecule has 2 atom stereocenters. The Bertz CT molecular complexity index is 373. The predicted molar refractivity (Wildman–Crippen MR) is 60.1 cm³/mol. The van der Waals surface area contributed by atoms with Crippen LogP contribution in [0.15, 0.2) is 18.2 Å². The molecule has 82 valence electrons. The van der Waals surface area contributed by atoms with Crippen LogP contribution in [0.3, 0.4) is 0 Å². The van der Waals surface area contributed by atoms with Crippen LogP contribution in [0, 0.1) is 5.92 Å². The Hall–Kier alpha value is -1.18. The first-order valence-electron chi connectivity index (χ1n) is 5.66. The van der Waals surface area contributed by atoms with E-state index in [1.165, 1.54) is 12.5 Å². The maximum atomic E-state index is 9.85. The summed E-state index contributed by atoms with van der Waals surface area (Å²) in [5, 5.41) is 19.1. The fraction of sp³-hybridized carbons (Fsp3) is 0.538. The summed E-state index contributed by atoms with van der Waals surface area (Å²) >= 11 is 0. The van der Waals surface area contributed by atoms with Crippen LogP contribution < -0.4 is 0 Å². The van der Waals surface area contributed by atoms with Gasteiger partial charge in [0.25, 0.3) is 0 Å². The number of rotatable bonds is 3. The normalized spacial score (nSPS) is 29.1. The molecule has 1 saturated carbocycles. The summed E-state index contributed by atoms with van der Waals surface area (Å²) in [4.78, 5) is 0. The van der Waals surface area contributed by atoms with Crippen molar-refractivity contribution in [2.24, 2.45) is 5.92 Å². The number of benzene rings is 1. The van der Waals surface area contributed by atoms with E-state index in [4.69, 9.17) is 0 Å². The highest BCUT2D eigenvalue weighted by molar-refractivity contribution is 5.47. The molecule has 0 heterocycles. The van der Waals surface area contributed by atoms with Gasteiger partial charge in [-0.3, -0.25) is 0 Å². The fourth-order valence-corrected chi connectivity index (χ4v) is 2.81. The largest absolute Gasteiger partial charge is 0.508 e. The van der Waals surface area contributed by atoms with Crippen molar-refractivity contribution in [3.8, 4) is 11.5 Å². The van der Waals surface area contributed by atoms with E-state index in [0.717, 1.165) is 18.4 Å². The third kappa shape index (κ3) is 1.48. The minimum absolute atomic E-state index is 0.135. The molecule has 1 aromatic rings. The zero-order chi connectivity index (χ0) is 11.1. The van der Waals surface area contributed by atoms with Crippen molar-refractivity contribution in [1.29, 1.82) is 0 Å². The molecule has 2 unspecified atom stereocenters. The summed E-state index contributed by atoms with van der Waals surface area (Å²) in [5.41, 5.74) is 1.18. The minimum Gasteiger partial charge on any atom is -0.508 e. The SMILES string of the molecule is CCC1CC1(CC)c1ccc(O)cc1O. The van der Waals surface area contributed by atoms with E-state index in [9.17, 15) is 10.2 Å². The molecule has 15 heavy (non-hydrogen) atoms. The van der Waals surface area contributed by atoms with Gasteiger partial charge in [-0.2, -0.15) is 0 Å². The molecule has 2 rings (SSSR count). The summed E-state index contributed by atoms with van der Waals surface area (Å²) in [6.07, 6.45) is 3.39. The maximum absolute atomic E-state index is 9.85. The summed E-state index contributed by atoms with van der Waals surface area (Å²) < 4.78 is 0. The number of phenolic OH excluding ortho intramolecular Hbond substituents is 2. The lowest BCUT2D eigenvalue weighted by molar-refractivity contribution is 0.433. The lowest BCUT2D eigenvalue weighted by Gasteiger charge is -2.17. The Balaban J connectivity index is 2.37. The summed E-state index contributed by atoms with van der Waals surface area (Å²) in [5.74, 6) is 1.07. The molecule has 1 fully saturated rings. The van der Waals surface area contributed by atoms with Gasteiger partial charge in [0, 0.05) is 17.0 Å². The number of hydrogen-bond acceptors (Lipinski definition) is 2. The van der Waals surface area contributed by atoms with Crippen LogP contribution in [0.4, 0.5) is 0 Å². The summed E-state index contributed by atoms with van der Waals surface area (Å²) in [6, 6.07) is 4.97. The van der Waals surface area contributed by atoms with Gasteiger partial charge < -0.3 is 10.2 Å². The van der Waals surface area contributed by atoms with Crippen molar-refractivity contribution in [3.63, 3.8) is 0 Å². The van der Waals surface area contributed by atoms with Crippen LogP contribution in [-0.4, -0.2) is 10.2 Å². The fourth-order valence-electron chi connectivity index (χ4n) is 2.81. The van der Waals surface area contributed by atoms with Crippen molar-refractivity contribution in [3.05, 3.63) is 23.8 Å². The molecule has 0 radical (unpaired) electrons. The number of phenols is 2. The van der Waals surface area contributed by atoms with Crippen LogP contribution in [0.1, 0.15) is 38.7 Å². The number of aromatic hydroxyl groups is 2. The third-order valence-electron chi connectivity index (χ3n) is 3.87. The van der Waals surface area contributed by atoms with Crippen molar-refractivity contribution in [1.82, 2.24) is 0 Å². The Morgan fingerprint density at radius 3 is 2.53 bits per heavy atom. The second-order valence-corrected chi connectivity index (χ2v) is 4.52. The molecule has 2 nitrogen and oxygen atoms in total. The van der Waals surface area contributed by atoms with Gasteiger partial charge in [-0.05, 0) is 24.8 Å². The average Bonchev–Trinajstić information content (AvgIpc) is 2.93. The van der Waals surface area contributed by atoms with E-state index in [-0.39, 0.29) is 16.9 Å². The van der Waals surface area contributed by atoms with Gasteiger partial charge >= 0.3 is 0 Å². The van der Waals surface area contributed by atoms with Gasteiger partial charge in [0.1, 0.15) is 11.5 Å². The van der Waals surface area contributed by atoms with Gasteiger partial charge in [-0.15, -0.1) is 0 Å². The van der Waals surface area contributed by atoms with E-state index in [0.29, 0.717) is 5.92 Å². The van der Waals surface area contributed by atoms with E-state index in [1.807, 2.05) is 6.07 Å². The standard InChI is InChI=1S/C13H18O2/c1-3-9-8-13(9,4-2)11-6-5-10(14)7-12(11)15/h5-7,9,14-15H,3-4,8H2,1-2H3. The smallest absolute Gasteiger partial charge is 0.123 e. The van der Waals surface area contributed by atoms with Crippen LogP contribution in [0.25, 0.3) is 0 Å². The van der Waals surface area contributed by atoms with Gasteiger partial charge in [0.2, 0.25) is 0 Å². The molecule has 0 bridgehead atoms. The maximum Gasteiger partial charge on any atom is 0.123 e. The average molecular weight is 206 g/mol. The highest BCUT2D eigenvalue weighted by atomic mass is 16.3. The van der Waals surface area contributed by atoms with E-state index in [1.54, 1.807) is 6.07 Å². The first-order chi connectivity index (χ1) is 7.14. The van der Waals surface area contributed by atoms with Crippen molar-refractivity contribution in [2.45, 2.75) is 38.5 Å². The first kappa shape index (κ1) is 10.3. The zero-order valence-electron chi connectivity index (χ0n) is 9.33. The molecular formula is C13H18O2. The van der Waals surface area contributed by atoms with Crippen molar-refractivity contribution >= 4 is 0 Å². The zero-order valence-corrected chi connectivity index (χ0v) is 9.33. The quantitative estimate of drug-likeness (QED) is 0.797. The Morgan fingerprint density at radius 2 is 2.07 bits per heavy atom. The van der Waals surface area contributed by atoms with Crippen LogP contribution in [-0.2, 0) is 5.41 Å². The highest BCUT2D eigenvalue weighted by Crippen LogP contribution is 2.60. The van der Waals surface area contributed by atoms with Crippen LogP contribution in [0.5, 0.6) is 11.5 Å². The monoisotopic (exact) mass is 206 g/mol. The molecular weight excluding hydrogens is 188 g/mol. The second kappa shape index (κ2) is 3.44. The van der Waals surface area contributed by atoms with E-state index in [2.05, 4.69) is 13.8 Å². The molecule has 1 aliphatic carbocycles. The van der Waals surface area contributed by atoms with E-state index >= 15 is 0 Å². The topological polar surface area (TPSA) is 40.5 Å². The van der Waals surface area contributed by atoms with E-state index < -0.39 is 0 Å². The first-order valence-corrected chi connectivity index (χ1v) is 5.66. The van der Waals surface area contributed by atoms with Gasteiger partial charge in [0.15, 0.2) is 0 Å². The second-order valence-electron chi connectivity index (χ2n) is 4.52. The Morgan fingerprint density at radius 1 is 1.33 bits per heavy atom. The van der Waals surface area contributed by atoms with Crippen LogP contribution >= 0.6 is 0 Å². The molecule has 0 amide bonds. The number of hydrogen-bond donors (Lipinski definition) is 2. The molecule has 1 aromatic carbocycles. The van der Waals surface area contributed by atoms with Crippen molar-refractivity contribution in [2.75, 3.05) is 0 Å².